The Hall–Kier alpha value is -0.270. The standard InChI is InChI=1S/C14H20Cl2O/c1-12(2,3)10-7-9(15)8-14(16,11(10)17)13(4,5)6/h7-8H,1-6H3/t14-/m1/s1. The third-order valence-corrected chi connectivity index (χ3v) is 4.16. The zero-order chi connectivity index (χ0) is 13.6. The fourth-order valence-electron chi connectivity index (χ4n) is 1.81. The molecule has 0 bridgehead atoms. The first-order chi connectivity index (χ1) is 7.39. The molecule has 0 radical (unpaired) electrons. The number of hydrogen-bond donors (Lipinski definition) is 0. The van der Waals surface area contributed by atoms with E-state index in [0.29, 0.717) is 10.6 Å². The van der Waals surface area contributed by atoms with E-state index in [-0.39, 0.29) is 16.6 Å². The monoisotopic (exact) mass is 274 g/mol. The number of halogens is 2. The molecular weight excluding hydrogens is 255 g/mol. The van der Waals surface area contributed by atoms with Crippen molar-refractivity contribution in [3.63, 3.8) is 0 Å². The number of Topliss-reactive ketones (excluding diaryl/α,β-unsaturated/α-hetero) is 1. The van der Waals surface area contributed by atoms with Crippen molar-refractivity contribution in [1.82, 2.24) is 0 Å². The molecule has 0 N–H and O–H groups in total. The van der Waals surface area contributed by atoms with Crippen LogP contribution in [0.15, 0.2) is 22.8 Å². The summed E-state index contributed by atoms with van der Waals surface area (Å²) in [4.78, 5) is 11.5. The van der Waals surface area contributed by atoms with Crippen LogP contribution in [0.2, 0.25) is 0 Å². The van der Waals surface area contributed by atoms with Gasteiger partial charge in [0.05, 0.1) is 0 Å². The minimum atomic E-state index is -1.05. The number of carbonyl (C=O) groups is 1. The number of rotatable bonds is 0. The van der Waals surface area contributed by atoms with E-state index in [0.717, 1.165) is 0 Å². The molecule has 1 aliphatic rings. The molecule has 96 valence electrons. The number of alkyl halides is 1. The molecule has 1 rings (SSSR count). The molecule has 0 amide bonds. The van der Waals surface area contributed by atoms with E-state index >= 15 is 0 Å². The zero-order valence-electron chi connectivity index (χ0n) is 11.3. The van der Waals surface area contributed by atoms with Crippen molar-refractivity contribution in [2.45, 2.75) is 46.4 Å². The van der Waals surface area contributed by atoms with Crippen LogP contribution in [0, 0.1) is 10.8 Å². The van der Waals surface area contributed by atoms with Crippen molar-refractivity contribution in [3.8, 4) is 0 Å². The Bertz CT molecular complexity index is 405. The number of allylic oxidation sites excluding steroid dienone is 4. The van der Waals surface area contributed by atoms with Crippen molar-refractivity contribution >= 4 is 29.0 Å². The van der Waals surface area contributed by atoms with Gasteiger partial charge < -0.3 is 0 Å². The predicted molar refractivity (Wildman–Crippen MR) is 74.5 cm³/mol. The molecule has 0 heterocycles. The highest BCUT2D eigenvalue weighted by Gasteiger charge is 2.49. The van der Waals surface area contributed by atoms with Crippen LogP contribution in [0.4, 0.5) is 0 Å². The van der Waals surface area contributed by atoms with Crippen LogP contribution in [0.1, 0.15) is 41.5 Å². The molecule has 0 saturated carbocycles. The lowest BCUT2D eigenvalue weighted by Crippen LogP contribution is -2.47. The molecule has 0 aromatic rings. The summed E-state index contributed by atoms with van der Waals surface area (Å²) in [6, 6.07) is 0. The molecule has 17 heavy (non-hydrogen) atoms. The van der Waals surface area contributed by atoms with Crippen LogP contribution in [0.25, 0.3) is 0 Å². The SMILES string of the molecule is CC(C)(C)C1=CC(Cl)=C[C@](Cl)(C(C)(C)C)C1=O. The van der Waals surface area contributed by atoms with Gasteiger partial charge in [-0.05, 0) is 23.0 Å². The molecule has 0 aromatic carbocycles. The quantitative estimate of drug-likeness (QED) is 0.586. The van der Waals surface area contributed by atoms with E-state index in [9.17, 15) is 4.79 Å². The summed E-state index contributed by atoms with van der Waals surface area (Å²) >= 11 is 12.7. The smallest absolute Gasteiger partial charge is 0.184 e. The largest absolute Gasteiger partial charge is 0.292 e. The van der Waals surface area contributed by atoms with Crippen molar-refractivity contribution in [2.24, 2.45) is 10.8 Å². The third-order valence-electron chi connectivity index (χ3n) is 3.09. The second-order valence-electron chi connectivity index (χ2n) is 6.63. The molecular formula is C14H20Cl2O. The van der Waals surface area contributed by atoms with E-state index in [1.807, 2.05) is 41.5 Å². The van der Waals surface area contributed by atoms with Crippen LogP contribution in [-0.2, 0) is 4.79 Å². The second-order valence-corrected chi connectivity index (χ2v) is 7.66. The van der Waals surface area contributed by atoms with Gasteiger partial charge in [-0.2, -0.15) is 0 Å². The van der Waals surface area contributed by atoms with Gasteiger partial charge in [-0.25, -0.2) is 0 Å². The lowest BCUT2D eigenvalue weighted by Gasteiger charge is -2.40. The Labute approximate surface area is 114 Å². The van der Waals surface area contributed by atoms with Gasteiger partial charge in [-0.1, -0.05) is 53.1 Å². The molecule has 3 heteroatoms. The maximum atomic E-state index is 12.6. The van der Waals surface area contributed by atoms with Gasteiger partial charge in [-0.3, -0.25) is 4.79 Å². The Kier molecular flexibility index (Phi) is 3.60. The first-order valence-electron chi connectivity index (χ1n) is 5.74. The van der Waals surface area contributed by atoms with Crippen molar-refractivity contribution in [1.29, 1.82) is 0 Å². The van der Waals surface area contributed by atoms with Gasteiger partial charge in [0.15, 0.2) is 5.78 Å². The summed E-state index contributed by atoms with van der Waals surface area (Å²) in [5, 5.41) is 0.541. The van der Waals surface area contributed by atoms with E-state index in [1.54, 1.807) is 12.2 Å². The average molecular weight is 275 g/mol. The second kappa shape index (κ2) is 4.13. The maximum Gasteiger partial charge on any atom is 0.184 e. The minimum Gasteiger partial charge on any atom is -0.292 e. The minimum absolute atomic E-state index is 0.0384. The lowest BCUT2D eigenvalue weighted by molar-refractivity contribution is -0.120. The van der Waals surface area contributed by atoms with Crippen molar-refractivity contribution in [2.75, 3.05) is 0 Å². The molecule has 1 aliphatic carbocycles. The van der Waals surface area contributed by atoms with Gasteiger partial charge in [0.1, 0.15) is 4.87 Å². The Morgan fingerprint density at radius 3 is 1.94 bits per heavy atom. The highest BCUT2D eigenvalue weighted by Crippen LogP contribution is 2.47. The molecule has 0 fully saturated rings. The lowest BCUT2D eigenvalue weighted by atomic mass is 9.69. The van der Waals surface area contributed by atoms with Crippen LogP contribution < -0.4 is 0 Å². The first-order valence-corrected chi connectivity index (χ1v) is 6.49. The average Bonchev–Trinajstić information content (AvgIpc) is 2.07. The summed E-state index contributed by atoms with van der Waals surface area (Å²) in [6.07, 6.45) is 3.39. The number of carbonyl (C=O) groups excluding carboxylic acids is 1. The fourth-order valence-corrected chi connectivity index (χ4v) is 2.36. The Morgan fingerprint density at radius 2 is 1.59 bits per heavy atom. The summed E-state index contributed by atoms with van der Waals surface area (Å²) in [6.45, 7) is 11.8. The molecule has 0 spiro atoms. The summed E-state index contributed by atoms with van der Waals surface area (Å²) in [5.74, 6) is -0.0384. The number of hydrogen-bond acceptors (Lipinski definition) is 1. The molecule has 1 atom stereocenters. The highest BCUT2D eigenvalue weighted by molar-refractivity contribution is 6.43. The van der Waals surface area contributed by atoms with Gasteiger partial charge in [0.25, 0.3) is 0 Å². The molecule has 0 saturated heterocycles. The summed E-state index contributed by atoms with van der Waals surface area (Å²) in [7, 11) is 0. The molecule has 0 aliphatic heterocycles. The van der Waals surface area contributed by atoms with E-state index < -0.39 is 4.87 Å². The van der Waals surface area contributed by atoms with E-state index in [1.165, 1.54) is 0 Å². The predicted octanol–water partition coefficient (Wildman–Crippen LogP) is 4.69. The Balaban J connectivity index is 3.38. The summed E-state index contributed by atoms with van der Waals surface area (Å²) in [5.41, 5.74) is 0.0582. The topological polar surface area (TPSA) is 17.1 Å². The fraction of sp³-hybridized carbons (Fsp3) is 0.643. The van der Waals surface area contributed by atoms with Gasteiger partial charge in [-0.15, -0.1) is 11.6 Å². The van der Waals surface area contributed by atoms with Crippen LogP contribution in [0.5, 0.6) is 0 Å². The highest BCUT2D eigenvalue weighted by atomic mass is 35.5. The third kappa shape index (κ3) is 2.61. The van der Waals surface area contributed by atoms with E-state index in [2.05, 4.69) is 0 Å². The maximum absolute atomic E-state index is 12.6. The molecule has 1 nitrogen and oxygen atoms in total. The van der Waals surface area contributed by atoms with E-state index in [4.69, 9.17) is 23.2 Å². The Morgan fingerprint density at radius 1 is 1.12 bits per heavy atom. The molecule has 0 aromatic heterocycles. The normalized spacial score (nSPS) is 26.7. The van der Waals surface area contributed by atoms with Gasteiger partial charge >= 0.3 is 0 Å². The summed E-state index contributed by atoms with van der Waals surface area (Å²) < 4.78 is 0. The van der Waals surface area contributed by atoms with Crippen LogP contribution in [0.3, 0.4) is 0 Å². The van der Waals surface area contributed by atoms with Gasteiger partial charge in [0, 0.05) is 10.6 Å². The van der Waals surface area contributed by atoms with Crippen LogP contribution in [-0.4, -0.2) is 10.7 Å². The zero-order valence-corrected chi connectivity index (χ0v) is 12.8. The van der Waals surface area contributed by atoms with Gasteiger partial charge in [0.2, 0.25) is 0 Å². The van der Waals surface area contributed by atoms with Crippen LogP contribution >= 0.6 is 23.2 Å². The number of ketones is 1. The van der Waals surface area contributed by atoms with Crippen molar-refractivity contribution < 1.29 is 4.79 Å². The van der Waals surface area contributed by atoms with Crippen molar-refractivity contribution in [3.05, 3.63) is 22.8 Å². The molecule has 0 unspecified atom stereocenters. The first kappa shape index (κ1) is 14.8.